The van der Waals surface area contributed by atoms with E-state index in [1.54, 1.807) is 18.2 Å². The van der Waals surface area contributed by atoms with Gasteiger partial charge in [-0.1, -0.05) is 46.9 Å². The van der Waals surface area contributed by atoms with E-state index in [9.17, 15) is 24.3 Å². The Kier molecular flexibility index (Phi) is 8.71. The Morgan fingerprint density at radius 1 is 1.06 bits per heavy atom. The molecular formula is C20H19Cl3N4O5. The van der Waals surface area contributed by atoms with Gasteiger partial charge in [-0.3, -0.25) is 9.59 Å². The van der Waals surface area contributed by atoms with Crippen LogP contribution in [-0.4, -0.2) is 41.5 Å². The summed E-state index contributed by atoms with van der Waals surface area (Å²) in [6, 6.07) is 5.51. The Bertz CT molecular complexity index is 1080. The van der Waals surface area contributed by atoms with Gasteiger partial charge in [0.2, 0.25) is 5.91 Å². The first-order chi connectivity index (χ1) is 15.0. The lowest BCUT2D eigenvalue weighted by atomic mass is 10.1. The van der Waals surface area contributed by atoms with E-state index >= 15 is 0 Å². The number of carboxylic acid groups (broad SMARTS) is 1. The number of urea groups is 1. The molecule has 2 rings (SSSR count). The number of anilines is 1. The van der Waals surface area contributed by atoms with E-state index in [-0.39, 0.29) is 27.7 Å². The quantitative estimate of drug-likeness (QED) is 0.377. The van der Waals surface area contributed by atoms with Crippen LogP contribution in [-0.2, 0) is 16.0 Å². The molecule has 2 aromatic carbocycles. The Morgan fingerprint density at radius 2 is 1.75 bits per heavy atom. The fraction of sp³-hybridized carbons (Fsp3) is 0.200. The lowest BCUT2D eigenvalue weighted by molar-refractivity contribution is -0.139. The molecule has 6 N–H and O–H groups in total. The zero-order valence-electron chi connectivity index (χ0n) is 16.7. The van der Waals surface area contributed by atoms with Crippen molar-refractivity contribution in [2.45, 2.75) is 19.4 Å². The van der Waals surface area contributed by atoms with Crippen LogP contribution in [0.2, 0.25) is 15.1 Å². The third-order valence-corrected chi connectivity index (χ3v) is 5.39. The Balaban J connectivity index is 2.19. The summed E-state index contributed by atoms with van der Waals surface area (Å²) < 4.78 is 0. The highest BCUT2D eigenvalue weighted by atomic mass is 35.5. The van der Waals surface area contributed by atoms with Crippen molar-refractivity contribution < 1.29 is 24.3 Å². The topological polar surface area (TPSA) is 151 Å². The predicted octanol–water partition coefficient (Wildman–Crippen LogP) is 2.99. The van der Waals surface area contributed by atoms with E-state index in [2.05, 4.69) is 16.0 Å². The number of aliphatic carboxylic acids is 1. The van der Waals surface area contributed by atoms with Crippen LogP contribution in [0.3, 0.4) is 0 Å². The maximum absolute atomic E-state index is 12.6. The van der Waals surface area contributed by atoms with E-state index in [4.69, 9.17) is 40.5 Å². The highest BCUT2D eigenvalue weighted by molar-refractivity contribution is 6.41. The van der Waals surface area contributed by atoms with Crippen LogP contribution in [0.15, 0.2) is 30.3 Å². The van der Waals surface area contributed by atoms with Crippen molar-refractivity contribution in [1.29, 1.82) is 0 Å². The number of nitrogens with two attached hydrogens (primary N) is 1. The molecule has 9 nitrogen and oxygen atoms in total. The lowest BCUT2D eigenvalue weighted by Gasteiger charge is -2.17. The maximum Gasteiger partial charge on any atom is 0.328 e. The van der Waals surface area contributed by atoms with Crippen molar-refractivity contribution >= 4 is 64.3 Å². The van der Waals surface area contributed by atoms with Crippen LogP contribution < -0.4 is 21.7 Å². The molecular weight excluding hydrogens is 483 g/mol. The third kappa shape index (κ3) is 6.74. The lowest BCUT2D eigenvalue weighted by Crippen LogP contribution is -2.49. The van der Waals surface area contributed by atoms with E-state index < -0.39 is 36.4 Å². The molecule has 0 spiro atoms. The number of primary amides is 1. The second-order valence-corrected chi connectivity index (χ2v) is 7.89. The van der Waals surface area contributed by atoms with Crippen molar-refractivity contribution in [3.8, 4) is 0 Å². The van der Waals surface area contributed by atoms with Crippen LogP contribution >= 0.6 is 34.8 Å². The summed E-state index contributed by atoms with van der Waals surface area (Å²) in [5.74, 6) is -2.75. The molecule has 0 aromatic heterocycles. The van der Waals surface area contributed by atoms with Gasteiger partial charge in [0.05, 0.1) is 34.3 Å². The molecule has 0 bridgehead atoms. The largest absolute Gasteiger partial charge is 0.480 e. The fourth-order valence-corrected chi connectivity index (χ4v) is 3.41. The van der Waals surface area contributed by atoms with Crippen LogP contribution in [0, 0.1) is 6.92 Å². The molecule has 0 aliphatic carbocycles. The van der Waals surface area contributed by atoms with Crippen molar-refractivity contribution in [2.24, 2.45) is 5.73 Å². The second kappa shape index (κ2) is 11.0. The average molecular weight is 502 g/mol. The number of amides is 4. The highest BCUT2D eigenvalue weighted by Gasteiger charge is 2.25. The third-order valence-electron chi connectivity index (χ3n) is 4.28. The van der Waals surface area contributed by atoms with Crippen LogP contribution in [0.5, 0.6) is 0 Å². The Morgan fingerprint density at radius 3 is 2.34 bits per heavy atom. The number of carbonyl (C=O) groups excluding carboxylic acids is 3. The number of aryl methyl sites for hydroxylation is 1. The molecule has 0 saturated heterocycles. The second-order valence-electron chi connectivity index (χ2n) is 6.70. The first-order valence-electron chi connectivity index (χ1n) is 9.09. The van der Waals surface area contributed by atoms with Gasteiger partial charge in [-0.15, -0.1) is 0 Å². The number of benzene rings is 2. The number of hydrogen-bond acceptors (Lipinski definition) is 4. The molecule has 0 unspecified atom stereocenters. The predicted molar refractivity (Wildman–Crippen MR) is 121 cm³/mol. The zero-order valence-corrected chi connectivity index (χ0v) is 18.9. The minimum absolute atomic E-state index is 0.000357. The summed E-state index contributed by atoms with van der Waals surface area (Å²) >= 11 is 18.4. The number of hydrogen-bond donors (Lipinski definition) is 5. The summed E-state index contributed by atoms with van der Waals surface area (Å²) in [5, 5.41) is 16.4. The van der Waals surface area contributed by atoms with Gasteiger partial charge >= 0.3 is 12.0 Å². The summed E-state index contributed by atoms with van der Waals surface area (Å²) in [6.45, 7) is 1.38. The van der Waals surface area contributed by atoms with E-state index in [0.717, 1.165) is 5.56 Å². The summed E-state index contributed by atoms with van der Waals surface area (Å²) in [6.07, 6.45) is 0.000357. The molecule has 2 aromatic rings. The average Bonchev–Trinajstić information content (AvgIpc) is 2.70. The van der Waals surface area contributed by atoms with Gasteiger partial charge in [0.15, 0.2) is 0 Å². The maximum atomic E-state index is 12.6. The molecule has 170 valence electrons. The van der Waals surface area contributed by atoms with Gasteiger partial charge in [-0.05, 0) is 36.2 Å². The van der Waals surface area contributed by atoms with Gasteiger partial charge in [-0.25, -0.2) is 9.59 Å². The number of nitrogens with one attached hydrogen (secondary N) is 3. The van der Waals surface area contributed by atoms with Crippen LogP contribution in [0.4, 0.5) is 10.5 Å². The molecule has 4 amide bonds. The van der Waals surface area contributed by atoms with Gasteiger partial charge < -0.3 is 26.8 Å². The number of halogens is 3. The molecule has 0 saturated carbocycles. The molecule has 0 aliphatic heterocycles. The number of rotatable bonds is 8. The van der Waals surface area contributed by atoms with E-state index in [1.165, 1.54) is 12.1 Å². The molecule has 0 fully saturated rings. The first-order valence-corrected chi connectivity index (χ1v) is 10.2. The minimum atomic E-state index is -1.49. The summed E-state index contributed by atoms with van der Waals surface area (Å²) in [7, 11) is 0. The van der Waals surface area contributed by atoms with Crippen LogP contribution in [0.1, 0.15) is 21.5 Å². The van der Waals surface area contributed by atoms with Crippen molar-refractivity contribution in [3.05, 3.63) is 62.1 Å². The summed E-state index contributed by atoms with van der Waals surface area (Å²) in [5.41, 5.74) is 6.33. The highest BCUT2D eigenvalue weighted by Crippen LogP contribution is 2.32. The van der Waals surface area contributed by atoms with Gasteiger partial charge in [0.25, 0.3) is 5.91 Å². The van der Waals surface area contributed by atoms with Crippen molar-refractivity contribution in [2.75, 3.05) is 11.9 Å². The molecule has 12 heteroatoms. The van der Waals surface area contributed by atoms with Crippen molar-refractivity contribution in [1.82, 2.24) is 10.6 Å². The smallest absolute Gasteiger partial charge is 0.328 e. The van der Waals surface area contributed by atoms with E-state index in [1.807, 2.05) is 6.92 Å². The Labute approximate surface area is 198 Å². The summed E-state index contributed by atoms with van der Waals surface area (Å²) in [4.78, 5) is 47.2. The van der Waals surface area contributed by atoms with Gasteiger partial charge in [-0.2, -0.15) is 0 Å². The fourth-order valence-electron chi connectivity index (χ4n) is 2.62. The van der Waals surface area contributed by atoms with Crippen molar-refractivity contribution in [3.63, 3.8) is 0 Å². The molecule has 0 heterocycles. The Hall–Kier alpha value is -3.01. The number of carboxylic acids is 1. The molecule has 1 atom stereocenters. The molecule has 0 radical (unpaired) electrons. The monoisotopic (exact) mass is 500 g/mol. The minimum Gasteiger partial charge on any atom is -0.480 e. The first kappa shape index (κ1) is 25.3. The standard InChI is InChI=1S/C20H19Cl3N4O5/c1-9-2-3-10(6-12(9)22)7-15(28)26-13-5-4-11(21)16(17(13)23)18(29)27-14(19(30)31)8-25-20(24)32/h2-6,14H,7-8H2,1H3,(H,26,28)(H,27,29)(H,30,31)(H3,24,25,32)/t14-/m0/s1. The van der Waals surface area contributed by atoms with Gasteiger partial charge in [0, 0.05) is 5.02 Å². The number of carbonyl (C=O) groups is 4. The van der Waals surface area contributed by atoms with E-state index in [0.29, 0.717) is 10.6 Å². The SMILES string of the molecule is Cc1ccc(CC(=O)Nc2ccc(Cl)c(C(=O)N[C@@H](CNC(N)=O)C(=O)O)c2Cl)cc1Cl. The van der Waals surface area contributed by atoms with Gasteiger partial charge in [0.1, 0.15) is 6.04 Å². The normalized spacial score (nSPS) is 11.4. The van der Waals surface area contributed by atoms with Crippen LogP contribution in [0.25, 0.3) is 0 Å². The molecule has 32 heavy (non-hydrogen) atoms. The zero-order chi connectivity index (χ0) is 24.0. The molecule has 0 aliphatic rings.